The van der Waals surface area contributed by atoms with E-state index in [0.717, 1.165) is 11.8 Å². The van der Waals surface area contributed by atoms with Crippen molar-refractivity contribution in [2.45, 2.75) is 13.0 Å². The molecule has 6 nitrogen and oxygen atoms in total. The number of aryl methyl sites for hydroxylation is 2. The largest absolute Gasteiger partial charge is 0.305 e. The van der Waals surface area contributed by atoms with Gasteiger partial charge in [-0.25, -0.2) is 0 Å². The molecule has 0 radical (unpaired) electrons. The highest BCUT2D eigenvalue weighted by Gasteiger charge is 2.14. The topological polar surface area (TPSA) is 72.7 Å². The summed E-state index contributed by atoms with van der Waals surface area (Å²) in [7, 11) is 0. The second-order valence-electron chi connectivity index (χ2n) is 6.05. The lowest BCUT2D eigenvalue weighted by atomic mass is 10.1. The van der Waals surface area contributed by atoms with E-state index in [4.69, 9.17) is 11.6 Å². The first-order valence-corrected chi connectivity index (χ1v) is 8.85. The molecule has 3 heterocycles. The van der Waals surface area contributed by atoms with Gasteiger partial charge in [-0.1, -0.05) is 17.7 Å². The number of pyridine rings is 2. The minimum absolute atomic E-state index is 0.291. The van der Waals surface area contributed by atoms with Crippen LogP contribution in [0.3, 0.4) is 0 Å². The van der Waals surface area contributed by atoms with E-state index in [-0.39, 0.29) is 5.91 Å². The normalized spacial score (nSPS) is 10.9. The van der Waals surface area contributed by atoms with Gasteiger partial charge >= 0.3 is 0 Å². The highest BCUT2D eigenvalue weighted by molar-refractivity contribution is 6.32. The van der Waals surface area contributed by atoms with Crippen molar-refractivity contribution in [2.75, 3.05) is 5.32 Å². The molecule has 1 amide bonds. The van der Waals surface area contributed by atoms with Crippen LogP contribution in [0, 0.1) is 0 Å². The first-order chi connectivity index (χ1) is 13.2. The fourth-order valence-electron chi connectivity index (χ4n) is 2.86. The first-order valence-electron chi connectivity index (χ1n) is 8.47. The Hall–Kier alpha value is -3.25. The molecule has 0 spiro atoms. The van der Waals surface area contributed by atoms with Gasteiger partial charge in [0.1, 0.15) is 0 Å². The van der Waals surface area contributed by atoms with Crippen LogP contribution in [0.1, 0.15) is 15.9 Å². The van der Waals surface area contributed by atoms with Gasteiger partial charge in [0.15, 0.2) is 5.82 Å². The van der Waals surface area contributed by atoms with E-state index in [1.54, 1.807) is 41.5 Å². The number of carbonyl (C=O) groups is 1. The van der Waals surface area contributed by atoms with Gasteiger partial charge in [-0.3, -0.25) is 19.4 Å². The smallest absolute Gasteiger partial charge is 0.259 e. The zero-order valence-electron chi connectivity index (χ0n) is 14.3. The van der Waals surface area contributed by atoms with Gasteiger partial charge in [0.25, 0.3) is 5.91 Å². The van der Waals surface area contributed by atoms with Gasteiger partial charge < -0.3 is 5.32 Å². The number of amides is 1. The molecular formula is C20H16ClN5O. The molecule has 0 aliphatic carbocycles. The minimum Gasteiger partial charge on any atom is -0.305 e. The number of halogens is 1. The molecular weight excluding hydrogens is 362 g/mol. The molecule has 3 aromatic heterocycles. The summed E-state index contributed by atoms with van der Waals surface area (Å²) in [6.45, 7) is 0.710. The molecule has 0 atom stereocenters. The average Bonchev–Trinajstić information content (AvgIpc) is 3.13. The van der Waals surface area contributed by atoms with E-state index >= 15 is 0 Å². The van der Waals surface area contributed by atoms with Gasteiger partial charge in [-0.2, -0.15) is 5.10 Å². The number of nitrogens with zero attached hydrogens (tertiary/aromatic N) is 4. The summed E-state index contributed by atoms with van der Waals surface area (Å²) in [6, 6.07) is 12.8. The molecule has 0 saturated carbocycles. The highest BCUT2D eigenvalue weighted by Crippen LogP contribution is 2.23. The molecule has 7 heteroatoms. The van der Waals surface area contributed by atoms with Gasteiger partial charge in [0, 0.05) is 47.8 Å². The number of nitrogens with one attached hydrogen (secondary N) is 1. The summed E-state index contributed by atoms with van der Waals surface area (Å²) in [5.74, 6) is 0.194. The summed E-state index contributed by atoms with van der Waals surface area (Å²) >= 11 is 6.14. The quantitative estimate of drug-likeness (QED) is 0.571. The summed E-state index contributed by atoms with van der Waals surface area (Å²) in [5, 5.41) is 8.53. The fourth-order valence-corrected chi connectivity index (χ4v) is 3.09. The number of hydrogen-bond donors (Lipinski definition) is 1. The molecule has 0 aliphatic heterocycles. The molecule has 4 aromatic rings. The van der Waals surface area contributed by atoms with E-state index in [9.17, 15) is 4.79 Å². The van der Waals surface area contributed by atoms with E-state index in [1.807, 2.05) is 30.5 Å². The number of carbonyl (C=O) groups excluding carboxylic acids is 1. The van der Waals surface area contributed by atoms with E-state index in [2.05, 4.69) is 20.4 Å². The van der Waals surface area contributed by atoms with Crippen LogP contribution in [0.5, 0.6) is 0 Å². The molecule has 1 aromatic carbocycles. The van der Waals surface area contributed by atoms with Gasteiger partial charge in [-0.05, 0) is 42.3 Å². The van der Waals surface area contributed by atoms with Gasteiger partial charge in [0.2, 0.25) is 0 Å². The number of aromatic nitrogens is 4. The Labute approximate surface area is 160 Å². The summed E-state index contributed by atoms with van der Waals surface area (Å²) in [5.41, 5.74) is 2.21. The summed E-state index contributed by atoms with van der Waals surface area (Å²) in [6.07, 6.45) is 7.87. The summed E-state index contributed by atoms with van der Waals surface area (Å²) in [4.78, 5) is 21.0. The Morgan fingerprint density at radius 1 is 1.11 bits per heavy atom. The third-order valence-corrected chi connectivity index (χ3v) is 4.39. The maximum atomic E-state index is 12.7. The number of fused-ring (bicyclic) bond motifs is 1. The van der Waals surface area contributed by atoms with E-state index < -0.39 is 0 Å². The standard InChI is InChI=1S/C20H16ClN5O/c21-16-12-15-2-1-7-23-19(15)17(13-16)20(27)24-18-6-11-26(25-18)10-5-14-3-8-22-9-4-14/h1-4,6-9,11-13H,5,10H2,(H,24,25,27). The molecule has 0 fully saturated rings. The lowest BCUT2D eigenvalue weighted by Gasteiger charge is -2.07. The number of hydrogen-bond acceptors (Lipinski definition) is 4. The molecule has 0 unspecified atom stereocenters. The van der Waals surface area contributed by atoms with Gasteiger partial charge in [0.05, 0.1) is 11.1 Å². The Bertz CT molecular complexity index is 1090. The Morgan fingerprint density at radius 2 is 1.96 bits per heavy atom. The monoisotopic (exact) mass is 377 g/mol. The maximum Gasteiger partial charge on any atom is 0.259 e. The van der Waals surface area contributed by atoms with E-state index in [0.29, 0.717) is 28.5 Å². The molecule has 0 aliphatic rings. The van der Waals surface area contributed by atoms with Crippen molar-refractivity contribution < 1.29 is 4.79 Å². The predicted molar refractivity (Wildman–Crippen MR) is 105 cm³/mol. The number of anilines is 1. The van der Waals surface area contributed by atoms with Crippen LogP contribution in [-0.2, 0) is 13.0 Å². The van der Waals surface area contributed by atoms with Crippen molar-refractivity contribution in [3.8, 4) is 0 Å². The van der Waals surface area contributed by atoms with Crippen LogP contribution >= 0.6 is 11.6 Å². The molecule has 134 valence electrons. The zero-order valence-corrected chi connectivity index (χ0v) is 15.1. The fraction of sp³-hybridized carbons (Fsp3) is 0.100. The third kappa shape index (κ3) is 3.96. The van der Waals surface area contributed by atoms with Crippen molar-refractivity contribution in [2.24, 2.45) is 0 Å². The maximum absolute atomic E-state index is 12.7. The Morgan fingerprint density at radius 3 is 2.81 bits per heavy atom. The molecule has 0 saturated heterocycles. The lowest BCUT2D eigenvalue weighted by Crippen LogP contribution is -2.14. The molecule has 27 heavy (non-hydrogen) atoms. The predicted octanol–water partition coefficient (Wildman–Crippen LogP) is 3.97. The van der Waals surface area contributed by atoms with Crippen LogP contribution in [0.15, 0.2) is 67.3 Å². The Kier molecular flexibility index (Phi) is 4.80. The van der Waals surface area contributed by atoms with Crippen molar-refractivity contribution in [1.82, 2.24) is 19.7 Å². The van der Waals surface area contributed by atoms with Gasteiger partial charge in [-0.15, -0.1) is 0 Å². The second-order valence-corrected chi connectivity index (χ2v) is 6.49. The SMILES string of the molecule is O=C(Nc1ccn(CCc2ccncc2)n1)c1cc(Cl)cc2cccnc12. The first kappa shape index (κ1) is 17.2. The minimum atomic E-state index is -0.291. The van der Waals surface area contributed by atoms with Crippen LogP contribution in [0.2, 0.25) is 5.02 Å². The molecule has 0 bridgehead atoms. The average molecular weight is 378 g/mol. The molecule has 4 rings (SSSR count). The molecule has 1 N–H and O–H groups in total. The van der Waals surface area contributed by atoms with Crippen LogP contribution in [-0.4, -0.2) is 25.7 Å². The number of rotatable bonds is 5. The Balaban J connectivity index is 1.48. The number of benzene rings is 1. The van der Waals surface area contributed by atoms with Crippen LogP contribution < -0.4 is 5.32 Å². The summed E-state index contributed by atoms with van der Waals surface area (Å²) < 4.78 is 1.80. The van der Waals surface area contributed by atoms with Crippen LogP contribution in [0.25, 0.3) is 10.9 Å². The lowest BCUT2D eigenvalue weighted by molar-refractivity contribution is 0.102. The van der Waals surface area contributed by atoms with Crippen molar-refractivity contribution in [1.29, 1.82) is 0 Å². The van der Waals surface area contributed by atoms with Crippen molar-refractivity contribution in [3.63, 3.8) is 0 Å². The third-order valence-electron chi connectivity index (χ3n) is 4.18. The zero-order chi connectivity index (χ0) is 18.6. The van der Waals surface area contributed by atoms with E-state index in [1.165, 1.54) is 5.56 Å². The highest BCUT2D eigenvalue weighted by atomic mass is 35.5. The van der Waals surface area contributed by atoms with Crippen LogP contribution in [0.4, 0.5) is 5.82 Å². The second kappa shape index (κ2) is 7.55. The van der Waals surface area contributed by atoms with Crippen molar-refractivity contribution in [3.05, 3.63) is 83.4 Å². The van der Waals surface area contributed by atoms with Crippen molar-refractivity contribution >= 4 is 34.2 Å².